The highest BCUT2D eigenvalue weighted by atomic mass is 32.2. The Morgan fingerprint density at radius 1 is 1.53 bits per heavy atom. The molecule has 1 aromatic carbocycles. The average molecular weight is 252 g/mol. The molecule has 90 valence electrons. The highest BCUT2D eigenvalue weighted by molar-refractivity contribution is 8.00. The molecular weight excluding hydrogens is 240 g/mol. The molecule has 6 heteroatoms. The van der Waals surface area contributed by atoms with E-state index in [1.807, 2.05) is 12.1 Å². The van der Waals surface area contributed by atoms with E-state index in [0.717, 1.165) is 4.90 Å². The van der Waals surface area contributed by atoms with Gasteiger partial charge in [-0.25, -0.2) is 0 Å². The number of hydrogen-bond donors (Lipinski definition) is 2. The molecule has 0 bridgehead atoms. The van der Waals surface area contributed by atoms with Crippen molar-refractivity contribution in [3.8, 4) is 0 Å². The summed E-state index contributed by atoms with van der Waals surface area (Å²) >= 11 is 1.39. The first-order valence-electron chi connectivity index (χ1n) is 5.11. The molecule has 0 radical (unpaired) electrons. The molecule has 17 heavy (non-hydrogen) atoms. The first-order valence-corrected chi connectivity index (χ1v) is 5.99. The average Bonchev–Trinajstić information content (AvgIpc) is 2.36. The van der Waals surface area contributed by atoms with Crippen LogP contribution >= 0.6 is 11.8 Å². The maximum atomic E-state index is 11.9. The first kappa shape index (κ1) is 11.9. The molecule has 1 aliphatic rings. The lowest BCUT2D eigenvalue weighted by atomic mass is 10.2. The van der Waals surface area contributed by atoms with E-state index in [1.165, 1.54) is 16.7 Å². The number of carbonyl (C=O) groups is 2. The van der Waals surface area contributed by atoms with Gasteiger partial charge in [0, 0.05) is 4.90 Å². The number of carboxylic acids is 1. The summed E-state index contributed by atoms with van der Waals surface area (Å²) in [6.45, 7) is -0.330. The Hall–Kier alpha value is -1.53. The van der Waals surface area contributed by atoms with Crippen LogP contribution in [0.1, 0.15) is 6.42 Å². The lowest BCUT2D eigenvalue weighted by Gasteiger charge is -2.20. The molecule has 1 heterocycles. The fourth-order valence-corrected chi connectivity index (χ4v) is 2.72. The minimum Gasteiger partial charge on any atom is -0.480 e. The van der Waals surface area contributed by atoms with Crippen LogP contribution in [0.4, 0.5) is 5.69 Å². The molecule has 1 unspecified atom stereocenters. The van der Waals surface area contributed by atoms with Gasteiger partial charge < -0.3 is 10.8 Å². The zero-order valence-electron chi connectivity index (χ0n) is 9.00. The number of benzene rings is 1. The zero-order valence-corrected chi connectivity index (χ0v) is 9.81. The van der Waals surface area contributed by atoms with Gasteiger partial charge in [0.25, 0.3) is 0 Å². The van der Waals surface area contributed by atoms with Gasteiger partial charge in [0.15, 0.2) is 0 Å². The largest absolute Gasteiger partial charge is 0.480 e. The maximum absolute atomic E-state index is 11.9. The molecule has 1 aromatic rings. The highest BCUT2D eigenvalue weighted by Gasteiger charge is 2.27. The van der Waals surface area contributed by atoms with Gasteiger partial charge >= 0.3 is 5.97 Å². The minimum atomic E-state index is -1.03. The molecule has 0 fully saturated rings. The Balaban J connectivity index is 2.42. The van der Waals surface area contributed by atoms with E-state index in [9.17, 15) is 9.59 Å². The van der Waals surface area contributed by atoms with Crippen LogP contribution in [0, 0.1) is 0 Å². The van der Waals surface area contributed by atoms with Crippen LogP contribution in [0.2, 0.25) is 0 Å². The number of rotatable bonds is 2. The number of nitrogens with two attached hydrogens (primary N) is 1. The van der Waals surface area contributed by atoms with Crippen LogP contribution in [0.25, 0.3) is 0 Å². The first-order chi connectivity index (χ1) is 8.08. The summed E-state index contributed by atoms with van der Waals surface area (Å²) in [4.78, 5) is 24.8. The number of anilines is 1. The van der Waals surface area contributed by atoms with Crippen molar-refractivity contribution in [3.05, 3.63) is 24.3 Å². The van der Waals surface area contributed by atoms with Crippen molar-refractivity contribution < 1.29 is 14.7 Å². The van der Waals surface area contributed by atoms with E-state index in [-0.39, 0.29) is 24.2 Å². The third-order valence-electron chi connectivity index (χ3n) is 2.40. The van der Waals surface area contributed by atoms with Gasteiger partial charge in [-0.3, -0.25) is 14.5 Å². The van der Waals surface area contributed by atoms with Gasteiger partial charge in [-0.15, -0.1) is 11.8 Å². The molecule has 1 amide bonds. The second-order valence-corrected chi connectivity index (χ2v) is 4.98. The van der Waals surface area contributed by atoms with Crippen molar-refractivity contribution in [2.45, 2.75) is 16.7 Å². The number of carbonyl (C=O) groups excluding carboxylic acids is 1. The third-order valence-corrected chi connectivity index (χ3v) is 3.47. The van der Waals surface area contributed by atoms with Crippen molar-refractivity contribution in [3.63, 3.8) is 0 Å². The Bertz CT molecular complexity index is 464. The van der Waals surface area contributed by atoms with E-state index >= 15 is 0 Å². The summed E-state index contributed by atoms with van der Waals surface area (Å²) in [5.74, 6) is -1.29. The molecule has 0 saturated heterocycles. The van der Waals surface area contributed by atoms with Gasteiger partial charge in [0.05, 0.1) is 17.5 Å². The number of carboxylic acid groups (broad SMARTS) is 1. The Morgan fingerprint density at radius 3 is 2.94 bits per heavy atom. The van der Waals surface area contributed by atoms with E-state index in [4.69, 9.17) is 10.8 Å². The quantitative estimate of drug-likeness (QED) is 0.816. The monoisotopic (exact) mass is 252 g/mol. The van der Waals surface area contributed by atoms with Crippen molar-refractivity contribution in [1.82, 2.24) is 0 Å². The molecule has 0 aromatic heterocycles. The number of hydrogen-bond acceptors (Lipinski definition) is 4. The second-order valence-electron chi connectivity index (χ2n) is 3.70. The fraction of sp³-hybridized carbons (Fsp3) is 0.273. The standard InChI is InChI=1S/C11H12N2O3S/c12-9-5-10(14)13(6-11(15)16)7-3-1-2-4-8(7)17-9/h1-4,9H,5-6,12H2,(H,15,16). The van der Waals surface area contributed by atoms with Gasteiger partial charge in [-0.1, -0.05) is 12.1 Å². The van der Waals surface area contributed by atoms with E-state index < -0.39 is 5.97 Å². The van der Waals surface area contributed by atoms with E-state index in [0.29, 0.717) is 5.69 Å². The van der Waals surface area contributed by atoms with Crippen LogP contribution in [-0.4, -0.2) is 28.9 Å². The topological polar surface area (TPSA) is 83.6 Å². The van der Waals surface area contributed by atoms with E-state index in [2.05, 4.69) is 0 Å². The zero-order chi connectivity index (χ0) is 12.4. The molecule has 0 aliphatic carbocycles. The smallest absolute Gasteiger partial charge is 0.323 e. The maximum Gasteiger partial charge on any atom is 0.323 e. The Labute approximate surface area is 103 Å². The molecule has 1 atom stereocenters. The van der Waals surface area contributed by atoms with Gasteiger partial charge in [0.2, 0.25) is 5.91 Å². The number of nitrogens with zero attached hydrogens (tertiary/aromatic N) is 1. The van der Waals surface area contributed by atoms with Crippen LogP contribution in [0.3, 0.4) is 0 Å². The van der Waals surface area contributed by atoms with Crippen molar-refractivity contribution in [2.24, 2.45) is 5.73 Å². The van der Waals surface area contributed by atoms with Gasteiger partial charge in [0.1, 0.15) is 6.54 Å². The number of para-hydroxylation sites is 1. The molecule has 2 rings (SSSR count). The molecular formula is C11H12N2O3S. The van der Waals surface area contributed by atoms with Crippen LogP contribution < -0.4 is 10.6 Å². The fourth-order valence-electron chi connectivity index (χ4n) is 1.71. The molecule has 0 saturated carbocycles. The van der Waals surface area contributed by atoms with E-state index in [1.54, 1.807) is 12.1 Å². The van der Waals surface area contributed by atoms with Crippen molar-refractivity contribution in [2.75, 3.05) is 11.4 Å². The normalized spacial score (nSPS) is 19.7. The van der Waals surface area contributed by atoms with Crippen molar-refractivity contribution >= 4 is 29.3 Å². The lowest BCUT2D eigenvalue weighted by molar-refractivity contribution is -0.136. The summed E-state index contributed by atoms with van der Waals surface area (Å²) in [6.07, 6.45) is 0.145. The number of aliphatic carboxylic acids is 1. The number of fused-ring (bicyclic) bond motifs is 1. The van der Waals surface area contributed by atoms with Crippen LogP contribution in [0.5, 0.6) is 0 Å². The van der Waals surface area contributed by atoms with Gasteiger partial charge in [-0.05, 0) is 12.1 Å². The summed E-state index contributed by atoms with van der Waals surface area (Å²) in [5, 5.41) is 8.50. The molecule has 1 aliphatic heterocycles. The van der Waals surface area contributed by atoms with Crippen LogP contribution in [0.15, 0.2) is 29.2 Å². The third kappa shape index (κ3) is 2.59. The molecule has 3 N–H and O–H groups in total. The Morgan fingerprint density at radius 2 is 2.24 bits per heavy atom. The summed E-state index contributed by atoms with van der Waals surface area (Å²) in [6, 6.07) is 7.19. The Kier molecular flexibility index (Phi) is 3.35. The summed E-state index contributed by atoms with van der Waals surface area (Å²) in [5.41, 5.74) is 6.42. The number of thioether (sulfide) groups is 1. The van der Waals surface area contributed by atoms with Crippen LogP contribution in [-0.2, 0) is 9.59 Å². The summed E-state index contributed by atoms with van der Waals surface area (Å²) < 4.78 is 0. The van der Waals surface area contributed by atoms with Gasteiger partial charge in [-0.2, -0.15) is 0 Å². The predicted molar refractivity (Wildman–Crippen MR) is 64.9 cm³/mol. The van der Waals surface area contributed by atoms with Crippen molar-refractivity contribution in [1.29, 1.82) is 0 Å². The highest BCUT2D eigenvalue weighted by Crippen LogP contribution is 2.35. The predicted octanol–water partition coefficient (Wildman–Crippen LogP) is 0.885. The SMILES string of the molecule is NC1CC(=O)N(CC(=O)O)c2ccccc2S1. The lowest BCUT2D eigenvalue weighted by Crippen LogP contribution is -2.37. The summed E-state index contributed by atoms with van der Waals surface area (Å²) in [7, 11) is 0. The minimum absolute atomic E-state index is 0.145. The second kappa shape index (κ2) is 4.77. The molecule has 5 nitrogen and oxygen atoms in total. The molecule has 0 spiro atoms. The number of amides is 1.